The fourth-order valence-electron chi connectivity index (χ4n) is 14.5. The third kappa shape index (κ3) is 8.32. The quantitative estimate of drug-likeness (QED) is 0.0766. The summed E-state index contributed by atoms with van der Waals surface area (Å²) in [7, 11) is 4.56. The first kappa shape index (κ1) is 47.2. The van der Waals surface area contributed by atoms with Crippen molar-refractivity contribution in [3.05, 3.63) is 101 Å². The predicted molar refractivity (Wildman–Crippen MR) is 260 cm³/mol. The molecule has 0 radical (unpaired) electrons. The van der Waals surface area contributed by atoms with Crippen LogP contribution in [-0.2, 0) is 35.6 Å². The van der Waals surface area contributed by atoms with Crippen molar-refractivity contribution in [2.45, 2.75) is 144 Å². The second kappa shape index (κ2) is 17.8. The number of carbonyl (C=O) groups is 2. The summed E-state index contributed by atoms with van der Waals surface area (Å²) in [4.78, 5) is 29.4. The molecule has 4 aromatic rings. The fourth-order valence-corrected chi connectivity index (χ4v) is 14.5. The smallest absolute Gasteiger partial charge is 0.339 e. The zero-order chi connectivity index (χ0) is 48.7. The van der Waals surface area contributed by atoms with Crippen LogP contribution < -0.4 is 14.2 Å². The van der Waals surface area contributed by atoms with Gasteiger partial charge in [0.05, 0.1) is 44.5 Å². The highest BCUT2D eigenvalue weighted by atomic mass is 16.7. The van der Waals surface area contributed by atoms with Crippen LogP contribution in [0.2, 0.25) is 0 Å². The van der Waals surface area contributed by atoms with Crippen molar-refractivity contribution < 1.29 is 58.1 Å². The lowest BCUT2D eigenvalue weighted by Gasteiger charge is -2.57. The van der Waals surface area contributed by atoms with E-state index >= 15 is 0 Å². The van der Waals surface area contributed by atoms with E-state index in [1.807, 2.05) is 36.4 Å². The number of hydrogen-bond donors (Lipinski definition) is 3. The van der Waals surface area contributed by atoms with Crippen LogP contribution >= 0.6 is 0 Å². The number of benzene rings is 4. The van der Waals surface area contributed by atoms with Crippen molar-refractivity contribution in [3.8, 4) is 28.4 Å². The largest absolute Gasteiger partial charge is 0.499 e. The van der Waals surface area contributed by atoms with E-state index in [0.29, 0.717) is 55.0 Å². The number of ether oxygens (including phenoxy) is 7. The fraction of sp³-hybridized carbons (Fsp3) is 0.544. The summed E-state index contributed by atoms with van der Waals surface area (Å²) in [6, 6.07) is 22.8. The maximum Gasteiger partial charge on any atom is 0.339 e. The maximum absolute atomic E-state index is 14.5. The lowest BCUT2D eigenvalue weighted by atomic mass is 9.48. The Hall–Kier alpha value is -5.18. The van der Waals surface area contributed by atoms with E-state index in [1.54, 1.807) is 21.0 Å². The molecular formula is C57H67NO12. The number of fused-ring (bicyclic) bond motifs is 4. The summed E-state index contributed by atoms with van der Waals surface area (Å²) in [5.41, 5.74) is 2.09. The number of hydrogen-bond acceptors (Lipinski definition) is 13. The van der Waals surface area contributed by atoms with Crippen molar-refractivity contribution in [1.82, 2.24) is 4.90 Å². The molecule has 0 aromatic heterocycles. The van der Waals surface area contributed by atoms with Crippen molar-refractivity contribution in [3.63, 3.8) is 0 Å². The number of rotatable bonds is 15. The second-order valence-corrected chi connectivity index (χ2v) is 22.3. The van der Waals surface area contributed by atoms with Gasteiger partial charge in [0, 0.05) is 24.4 Å². The van der Waals surface area contributed by atoms with Gasteiger partial charge in [-0.15, -0.1) is 0 Å². The van der Waals surface area contributed by atoms with Gasteiger partial charge in [0.1, 0.15) is 23.2 Å². The molecule has 5 aliphatic carbocycles. The van der Waals surface area contributed by atoms with Gasteiger partial charge in [0.2, 0.25) is 6.79 Å². The highest BCUT2D eigenvalue weighted by Gasteiger charge is 2.61. The van der Waals surface area contributed by atoms with Gasteiger partial charge in [-0.3, -0.25) is 9.69 Å². The average molecular weight is 958 g/mol. The van der Waals surface area contributed by atoms with Crippen LogP contribution in [0.15, 0.2) is 78.6 Å². The highest BCUT2D eigenvalue weighted by molar-refractivity contribution is 5.96. The van der Waals surface area contributed by atoms with Crippen LogP contribution in [0.4, 0.5) is 0 Å². The van der Waals surface area contributed by atoms with E-state index in [-0.39, 0.29) is 18.6 Å². The van der Waals surface area contributed by atoms with E-state index < -0.39 is 59.6 Å². The first-order valence-electron chi connectivity index (χ1n) is 25.3. The minimum absolute atomic E-state index is 0.0520. The van der Waals surface area contributed by atoms with Crippen LogP contribution in [0.1, 0.15) is 124 Å². The third-order valence-electron chi connectivity index (χ3n) is 17.2. The van der Waals surface area contributed by atoms with Gasteiger partial charge >= 0.3 is 11.9 Å². The minimum atomic E-state index is -2.06. The Kier molecular flexibility index (Phi) is 12.0. The molecule has 0 amide bonds. The van der Waals surface area contributed by atoms with E-state index in [2.05, 4.69) is 41.3 Å². The SMILES string of the molecule is COC(=O)C[C@](O)(CCCC(C)(C)O)C(O)O[C@@H]1C(OC)=C[C@]23CCCN2C(OC(=O)c2ccc4cc(-c5ccc(OC)c(C67CC8CC(CC(C8)C6)C7)c5)ccc4c2)Cc2cc4c(cc2[C@H]13)OCO4. The Labute approximate surface area is 410 Å². The Morgan fingerprint density at radius 1 is 0.843 bits per heavy atom. The zero-order valence-electron chi connectivity index (χ0n) is 41.0. The maximum atomic E-state index is 14.5. The first-order valence-corrected chi connectivity index (χ1v) is 25.3. The first-order chi connectivity index (χ1) is 33.6. The molecule has 12 rings (SSSR count). The number of methoxy groups -OCH3 is 3. The number of carbonyl (C=O) groups excluding carboxylic acids is 2. The number of aliphatic hydroxyl groups is 3. The lowest BCUT2D eigenvalue weighted by Crippen LogP contribution is -2.54. The van der Waals surface area contributed by atoms with Crippen LogP contribution in [-0.4, -0.2) is 102 Å². The molecule has 1 saturated heterocycles. The molecular weight excluding hydrogens is 891 g/mol. The van der Waals surface area contributed by atoms with Gasteiger partial charge in [0.15, 0.2) is 24.0 Å². The molecule has 5 fully saturated rings. The molecule has 1 spiro atoms. The lowest BCUT2D eigenvalue weighted by molar-refractivity contribution is -0.241. The molecule has 372 valence electrons. The summed E-state index contributed by atoms with van der Waals surface area (Å²) in [6.07, 6.45) is 8.19. The van der Waals surface area contributed by atoms with Gasteiger partial charge in [-0.1, -0.05) is 24.3 Å². The Balaban J connectivity index is 0.878. The molecule has 4 aromatic carbocycles. The van der Waals surface area contributed by atoms with Gasteiger partial charge in [-0.25, -0.2) is 4.79 Å². The minimum Gasteiger partial charge on any atom is -0.499 e. The molecule has 3 aliphatic heterocycles. The van der Waals surface area contributed by atoms with Gasteiger partial charge in [0.25, 0.3) is 0 Å². The third-order valence-corrected chi connectivity index (χ3v) is 17.2. The van der Waals surface area contributed by atoms with Crippen LogP contribution in [0.3, 0.4) is 0 Å². The molecule has 8 aliphatic rings. The van der Waals surface area contributed by atoms with E-state index in [0.717, 1.165) is 57.4 Å². The topological polar surface area (TPSA) is 163 Å². The molecule has 6 atom stereocenters. The Morgan fingerprint density at radius 2 is 1.53 bits per heavy atom. The predicted octanol–water partition coefficient (Wildman–Crippen LogP) is 8.85. The highest BCUT2D eigenvalue weighted by Crippen LogP contribution is 2.62. The summed E-state index contributed by atoms with van der Waals surface area (Å²) in [6.45, 7) is 3.97. The number of aliphatic hydroxyl groups excluding tert-OH is 1. The van der Waals surface area contributed by atoms with Crippen molar-refractivity contribution in [1.29, 1.82) is 0 Å². The summed E-state index contributed by atoms with van der Waals surface area (Å²) in [5, 5.41) is 36.3. The number of esters is 2. The molecule has 4 bridgehead atoms. The molecule has 13 heteroatoms. The summed E-state index contributed by atoms with van der Waals surface area (Å²) in [5.74, 6) is 3.33. The van der Waals surface area contributed by atoms with E-state index in [9.17, 15) is 24.9 Å². The van der Waals surface area contributed by atoms with Crippen LogP contribution in [0.25, 0.3) is 21.9 Å². The van der Waals surface area contributed by atoms with Crippen molar-refractivity contribution >= 4 is 22.7 Å². The van der Waals surface area contributed by atoms with Gasteiger partial charge < -0.3 is 48.5 Å². The van der Waals surface area contributed by atoms with Gasteiger partial charge in [-0.05, 0) is 189 Å². The standard InChI is InChI=1S/C57H67NO12/c1-54(2,62)14-6-16-57(63,31-49(59)66-5)53(61)70-51-47(65-4)30-56-15-7-17-58(56)48(25-41-24-45-46(68-32-67-45)26-42(41)50(51)56)69-52(60)40-11-10-36-21-37(8-9-38(36)22-40)39-12-13-44(64-3)43(23-39)55-27-33-18-34(28-55)20-35(19-33)29-55/h8-13,21-24,26,30,33-35,48,50-51,53,61-63H,6-7,14-20,25,27-29,31-32H2,1-5H3/t33?,34?,35?,48?,50-,51-,53?,55?,56+,57-/m1/s1. The Bertz CT molecular complexity index is 2690. The van der Waals surface area contributed by atoms with E-state index in [1.165, 1.54) is 63.9 Å². The van der Waals surface area contributed by atoms with Gasteiger partial charge in [-0.2, -0.15) is 0 Å². The zero-order valence-corrected chi connectivity index (χ0v) is 41.0. The molecule has 4 saturated carbocycles. The molecule has 3 heterocycles. The number of nitrogens with zero attached hydrogens (tertiary/aromatic N) is 1. The normalized spacial score (nSPS) is 29.6. The second-order valence-electron chi connectivity index (χ2n) is 22.3. The summed E-state index contributed by atoms with van der Waals surface area (Å²) >= 11 is 0. The average Bonchev–Trinajstić information content (AvgIpc) is 4.04. The Morgan fingerprint density at radius 3 is 2.23 bits per heavy atom. The molecule has 13 nitrogen and oxygen atoms in total. The van der Waals surface area contributed by atoms with Crippen molar-refractivity contribution in [2.24, 2.45) is 17.8 Å². The molecule has 3 N–H and O–H groups in total. The van der Waals surface area contributed by atoms with Crippen LogP contribution in [0, 0.1) is 17.8 Å². The van der Waals surface area contributed by atoms with Crippen LogP contribution in [0.5, 0.6) is 17.2 Å². The van der Waals surface area contributed by atoms with Crippen molar-refractivity contribution in [2.75, 3.05) is 34.7 Å². The van der Waals surface area contributed by atoms with E-state index in [4.69, 9.17) is 33.2 Å². The molecule has 2 unspecified atom stereocenters. The molecule has 70 heavy (non-hydrogen) atoms. The summed E-state index contributed by atoms with van der Waals surface area (Å²) < 4.78 is 42.0. The monoisotopic (exact) mass is 957 g/mol.